The fourth-order valence-corrected chi connectivity index (χ4v) is 4.65. The highest BCUT2D eigenvalue weighted by atomic mass is 35.5. The molecule has 5 nitrogen and oxygen atoms in total. The number of hydrogen-bond acceptors (Lipinski definition) is 4. The summed E-state index contributed by atoms with van der Waals surface area (Å²) in [4.78, 5) is 7.22. The molecule has 0 amide bonds. The van der Waals surface area contributed by atoms with Gasteiger partial charge in [0.25, 0.3) is 0 Å². The molecular weight excluding hydrogens is 437 g/mol. The molecule has 1 saturated heterocycles. The molecule has 4 rings (SSSR count). The van der Waals surface area contributed by atoms with Gasteiger partial charge in [0.2, 0.25) is 0 Å². The molecule has 1 aliphatic heterocycles. The Morgan fingerprint density at radius 3 is 2.36 bits per heavy atom. The van der Waals surface area contributed by atoms with Gasteiger partial charge in [0.1, 0.15) is 11.6 Å². The van der Waals surface area contributed by atoms with Crippen LogP contribution in [0.2, 0.25) is 5.02 Å². The lowest BCUT2D eigenvalue weighted by molar-refractivity contribution is 0.256. The molecular formula is C26H33ClFN5. The second kappa shape index (κ2) is 10.7. The SMILES string of the molecule is CCCN(Cc1ccccc1Cl)Cc1c(C)nn(-c2ccc(F)cc2)c1N1CCN(C)CC1. The van der Waals surface area contributed by atoms with E-state index in [1.807, 2.05) is 22.9 Å². The van der Waals surface area contributed by atoms with Crippen LogP contribution in [0, 0.1) is 12.7 Å². The monoisotopic (exact) mass is 469 g/mol. The third-order valence-corrected chi connectivity index (χ3v) is 6.67. The van der Waals surface area contributed by atoms with E-state index < -0.39 is 0 Å². The highest BCUT2D eigenvalue weighted by Gasteiger charge is 2.26. The van der Waals surface area contributed by atoms with Gasteiger partial charge in [-0.15, -0.1) is 0 Å². The Kier molecular flexibility index (Phi) is 7.68. The standard InChI is InChI=1S/C26H33ClFN5/c1-4-13-31(18-21-7-5-6-8-25(21)27)19-24-20(2)29-33(23-11-9-22(28)10-12-23)26(24)32-16-14-30(3)15-17-32/h5-12H,4,13-19H2,1-3H3. The molecule has 3 aromatic rings. The number of aromatic nitrogens is 2. The van der Waals surface area contributed by atoms with Gasteiger partial charge >= 0.3 is 0 Å². The first kappa shape index (κ1) is 23.7. The Bertz CT molecular complexity index is 1060. The number of piperazine rings is 1. The van der Waals surface area contributed by atoms with Gasteiger partial charge in [-0.3, -0.25) is 4.90 Å². The van der Waals surface area contributed by atoms with Crippen molar-refractivity contribution in [1.82, 2.24) is 19.6 Å². The van der Waals surface area contributed by atoms with Crippen molar-refractivity contribution >= 4 is 17.4 Å². The van der Waals surface area contributed by atoms with Crippen LogP contribution < -0.4 is 4.90 Å². The molecule has 7 heteroatoms. The number of hydrogen-bond donors (Lipinski definition) is 0. The van der Waals surface area contributed by atoms with E-state index in [9.17, 15) is 4.39 Å². The molecule has 1 aliphatic rings. The minimum atomic E-state index is -0.238. The smallest absolute Gasteiger partial charge is 0.137 e. The summed E-state index contributed by atoms with van der Waals surface area (Å²) >= 11 is 6.48. The molecule has 0 radical (unpaired) electrons. The van der Waals surface area contributed by atoms with E-state index in [4.69, 9.17) is 16.7 Å². The summed E-state index contributed by atoms with van der Waals surface area (Å²) in [6.07, 6.45) is 1.06. The molecule has 0 unspecified atom stereocenters. The number of nitrogens with zero attached hydrogens (tertiary/aromatic N) is 5. The maximum atomic E-state index is 13.6. The van der Waals surface area contributed by atoms with E-state index in [2.05, 4.69) is 41.7 Å². The Balaban J connectivity index is 1.71. The van der Waals surface area contributed by atoms with E-state index in [1.54, 1.807) is 12.1 Å². The van der Waals surface area contributed by atoms with Gasteiger partial charge in [-0.25, -0.2) is 9.07 Å². The molecule has 0 atom stereocenters. The molecule has 2 aromatic carbocycles. The summed E-state index contributed by atoms with van der Waals surface area (Å²) < 4.78 is 15.6. The number of rotatable bonds is 8. The topological polar surface area (TPSA) is 27.5 Å². The van der Waals surface area contributed by atoms with Gasteiger partial charge in [0, 0.05) is 49.9 Å². The number of halogens is 2. The molecule has 0 bridgehead atoms. The van der Waals surface area contributed by atoms with Crippen LogP contribution in [0.3, 0.4) is 0 Å². The average Bonchev–Trinajstić information content (AvgIpc) is 3.12. The third-order valence-electron chi connectivity index (χ3n) is 6.30. The maximum absolute atomic E-state index is 13.6. The van der Waals surface area contributed by atoms with Gasteiger partial charge in [-0.2, -0.15) is 5.10 Å². The lowest BCUT2D eigenvalue weighted by atomic mass is 10.1. The highest BCUT2D eigenvalue weighted by molar-refractivity contribution is 6.31. The largest absolute Gasteiger partial charge is 0.354 e. The fourth-order valence-electron chi connectivity index (χ4n) is 4.46. The molecule has 1 aromatic heterocycles. The van der Waals surface area contributed by atoms with Crippen LogP contribution in [0.5, 0.6) is 0 Å². The van der Waals surface area contributed by atoms with Crippen LogP contribution in [0.15, 0.2) is 48.5 Å². The minimum Gasteiger partial charge on any atom is -0.354 e. The molecule has 0 spiro atoms. The van der Waals surface area contributed by atoms with Crippen LogP contribution >= 0.6 is 11.6 Å². The summed E-state index contributed by atoms with van der Waals surface area (Å²) in [5.74, 6) is 0.880. The summed E-state index contributed by atoms with van der Waals surface area (Å²) in [5.41, 5.74) is 4.25. The summed E-state index contributed by atoms with van der Waals surface area (Å²) in [7, 11) is 2.16. The molecule has 0 aliphatic carbocycles. The lowest BCUT2D eigenvalue weighted by Gasteiger charge is -2.35. The predicted octanol–water partition coefficient (Wildman–Crippen LogP) is 5.14. The average molecular weight is 470 g/mol. The summed E-state index contributed by atoms with van der Waals surface area (Å²) in [6.45, 7) is 10.7. The molecule has 176 valence electrons. The predicted molar refractivity (Wildman–Crippen MR) is 134 cm³/mol. The number of likely N-dealkylation sites (N-methyl/N-ethyl adjacent to an activating group) is 1. The Morgan fingerprint density at radius 1 is 1.00 bits per heavy atom. The molecule has 2 heterocycles. The van der Waals surface area contributed by atoms with Crippen LogP contribution in [0.4, 0.5) is 10.2 Å². The van der Waals surface area contributed by atoms with Gasteiger partial charge in [0.05, 0.1) is 11.4 Å². The Labute approximate surface area is 201 Å². The Hall–Kier alpha value is -2.41. The van der Waals surface area contributed by atoms with Gasteiger partial charge in [0.15, 0.2) is 0 Å². The van der Waals surface area contributed by atoms with Crippen LogP contribution in [0.1, 0.15) is 30.2 Å². The van der Waals surface area contributed by atoms with Crippen molar-refractivity contribution in [3.8, 4) is 5.69 Å². The summed E-state index contributed by atoms with van der Waals surface area (Å²) in [6, 6.07) is 14.7. The maximum Gasteiger partial charge on any atom is 0.137 e. The van der Waals surface area contributed by atoms with Crippen molar-refractivity contribution in [3.63, 3.8) is 0 Å². The van der Waals surface area contributed by atoms with Crippen LogP contribution in [-0.2, 0) is 13.1 Å². The van der Waals surface area contributed by atoms with Crippen LogP contribution in [-0.4, -0.2) is 59.4 Å². The quantitative estimate of drug-likeness (QED) is 0.456. The van der Waals surface area contributed by atoms with Crippen molar-refractivity contribution in [2.24, 2.45) is 0 Å². The zero-order valence-electron chi connectivity index (χ0n) is 19.8. The van der Waals surface area contributed by atoms with Crippen molar-refractivity contribution < 1.29 is 4.39 Å². The summed E-state index contributed by atoms with van der Waals surface area (Å²) in [5, 5.41) is 5.73. The van der Waals surface area contributed by atoms with Crippen molar-refractivity contribution in [1.29, 1.82) is 0 Å². The zero-order chi connectivity index (χ0) is 23.4. The van der Waals surface area contributed by atoms with E-state index in [-0.39, 0.29) is 5.82 Å². The van der Waals surface area contributed by atoms with E-state index in [0.717, 1.165) is 80.0 Å². The normalized spacial score (nSPS) is 14.9. The van der Waals surface area contributed by atoms with Crippen molar-refractivity contribution in [2.45, 2.75) is 33.4 Å². The first-order valence-corrected chi connectivity index (χ1v) is 12.1. The zero-order valence-corrected chi connectivity index (χ0v) is 20.5. The molecule has 0 N–H and O–H groups in total. The second-order valence-electron chi connectivity index (χ2n) is 8.87. The molecule has 1 fully saturated rings. The molecule has 33 heavy (non-hydrogen) atoms. The molecule has 0 saturated carbocycles. The fraction of sp³-hybridized carbons (Fsp3) is 0.423. The Morgan fingerprint density at radius 2 is 1.70 bits per heavy atom. The first-order valence-electron chi connectivity index (χ1n) is 11.7. The number of aryl methyl sites for hydroxylation is 1. The van der Waals surface area contributed by atoms with Crippen molar-refractivity contribution in [2.75, 3.05) is 44.7 Å². The van der Waals surface area contributed by atoms with Gasteiger partial charge in [-0.05, 0) is 62.8 Å². The first-order chi connectivity index (χ1) is 16.0. The highest BCUT2D eigenvalue weighted by Crippen LogP contribution is 2.30. The number of anilines is 1. The van der Waals surface area contributed by atoms with E-state index >= 15 is 0 Å². The van der Waals surface area contributed by atoms with Gasteiger partial charge < -0.3 is 9.80 Å². The lowest BCUT2D eigenvalue weighted by Crippen LogP contribution is -2.45. The van der Waals surface area contributed by atoms with E-state index in [1.165, 1.54) is 17.7 Å². The van der Waals surface area contributed by atoms with Crippen molar-refractivity contribution in [3.05, 3.63) is 76.2 Å². The second-order valence-corrected chi connectivity index (χ2v) is 9.28. The third kappa shape index (κ3) is 5.57. The minimum absolute atomic E-state index is 0.238. The van der Waals surface area contributed by atoms with Crippen LogP contribution in [0.25, 0.3) is 5.69 Å². The van der Waals surface area contributed by atoms with Gasteiger partial charge in [-0.1, -0.05) is 36.7 Å². The number of benzene rings is 2. The van der Waals surface area contributed by atoms with E-state index in [0.29, 0.717) is 0 Å².